The van der Waals surface area contributed by atoms with E-state index < -0.39 is 0 Å². The summed E-state index contributed by atoms with van der Waals surface area (Å²) in [6.45, 7) is 4.02. The van der Waals surface area contributed by atoms with E-state index in [1.807, 2.05) is 30.6 Å². The third-order valence-electron chi connectivity index (χ3n) is 3.66. The number of anilines is 1. The molecular weight excluding hydrogens is 254 g/mol. The summed E-state index contributed by atoms with van der Waals surface area (Å²) in [5.74, 6) is 1.67. The van der Waals surface area contributed by atoms with E-state index in [1.54, 1.807) is 14.0 Å². The molecule has 2 aromatic rings. The van der Waals surface area contributed by atoms with Crippen LogP contribution in [0.15, 0.2) is 30.6 Å². The van der Waals surface area contributed by atoms with Crippen LogP contribution in [0.2, 0.25) is 0 Å². The Hall–Kier alpha value is -2.30. The van der Waals surface area contributed by atoms with Crippen molar-refractivity contribution in [2.45, 2.75) is 20.0 Å². The Labute approximate surface area is 117 Å². The third-order valence-corrected chi connectivity index (χ3v) is 3.66. The molecule has 1 aliphatic rings. The number of imidazole rings is 1. The van der Waals surface area contributed by atoms with Gasteiger partial charge in [-0.3, -0.25) is 4.79 Å². The van der Waals surface area contributed by atoms with Gasteiger partial charge in [0.25, 0.3) is 0 Å². The molecule has 0 atom stereocenters. The molecule has 0 unspecified atom stereocenters. The van der Waals surface area contributed by atoms with Gasteiger partial charge in [0.05, 0.1) is 24.9 Å². The number of Topliss-reactive ketones (excluding diaryl/α,β-unsaturated/α-hetero) is 1. The third kappa shape index (κ3) is 2.05. The first-order chi connectivity index (χ1) is 9.70. The van der Waals surface area contributed by atoms with E-state index in [9.17, 15) is 4.79 Å². The molecule has 0 saturated heterocycles. The van der Waals surface area contributed by atoms with E-state index in [0.717, 1.165) is 24.6 Å². The van der Waals surface area contributed by atoms with Crippen LogP contribution >= 0.6 is 0 Å². The summed E-state index contributed by atoms with van der Waals surface area (Å²) in [4.78, 5) is 18.5. The Bertz CT molecular complexity index is 648. The maximum atomic E-state index is 12.0. The number of ketones is 1. The molecule has 0 bridgehead atoms. The highest BCUT2D eigenvalue weighted by Gasteiger charge is 2.22. The average Bonchev–Trinajstić information content (AvgIpc) is 2.93. The number of carbonyl (C=O) groups is 1. The minimum Gasteiger partial charge on any atom is -0.496 e. The van der Waals surface area contributed by atoms with Crippen molar-refractivity contribution < 1.29 is 9.53 Å². The second kappa shape index (κ2) is 5.00. The normalized spacial score (nSPS) is 14.0. The smallest absolute Gasteiger partial charge is 0.165 e. The van der Waals surface area contributed by atoms with E-state index in [1.165, 1.54) is 0 Å². The van der Waals surface area contributed by atoms with Crippen LogP contribution in [0.5, 0.6) is 5.75 Å². The number of methoxy groups -OCH3 is 1. The number of hydrogen-bond donors (Lipinski definition) is 0. The molecule has 1 aromatic heterocycles. The fourth-order valence-corrected chi connectivity index (χ4v) is 2.69. The lowest BCUT2D eigenvalue weighted by Gasteiger charge is -2.31. The molecule has 0 fully saturated rings. The summed E-state index contributed by atoms with van der Waals surface area (Å²) in [5, 5.41) is 0. The number of aromatic nitrogens is 2. The highest BCUT2D eigenvalue weighted by molar-refractivity contribution is 6.02. The van der Waals surface area contributed by atoms with E-state index in [-0.39, 0.29) is 5.78 Å². The highest BCUT2D eigenvalue weighted by atomic mass is 16.5. The van der Waals surface area contributed by atoms with E-state index in [0.29, 0.717) is 17.9 Å². The number of benzene rings is 1. The molecule has 5 heteroatoms. The van der Waals surface area contributed by atoms with Gasteiger partial charge in [0.1, 0.15) is 11.6 Å². The largest absolute Gasteiger partial charge is 0.496 e. The molecule has 2 heterocycles. The SMILES string of the molecule is COc1cccc(N2CCn3ccnc3C2)c1C(C)=O. The van der Waals surface area contributed by atoms with Crippen LogP contribution in [-0.2, 0) is 13.1 Å². The van der Waals surface area contributed by atoms with Crippen molar-refractivity contribution >= 4 is 11.5 Å². The molecule has 3 rings (SSSR count). The standard InChI is InChI=1S/C15H17N3O2/c1-11(19)15-12(4-3-5-13(15)20-2)18-9-8-17-7-6-16-14(17)10-18/h3-7H,8-10H2,1-2H3. The van der Waals surface area contributed by atoms with Gasteiger partial charge in [-0.05, 0) is 19.1 Å². The number of ether oxygens (including phenoxy) is 1. The fraction of sp³-hybridized carbons (Fsp3) is 0.333. The van der Waals surface area contributed by atoms with Crippen molar-refractivity contribution in [3.63, 3.8) is 0 Å². The zero-order valence-electron chi connectivity index (χ0n) is 11.7. The molecule has 5 nitrogen and oxygen atoms in total. The van der Waals surface area contributed by atoms with Gasteiger partial charge in [-0.25, -0.2) is 4.98 Å². The minimum atomic E-state index is 0.0198. The predicted molar refractivity (Wildman–Crippen MR) is 76.3 cm³/mol. The van der Waals surface area contributed by atoms with Crippen LogP contribution in [0.4, 0.5) is 5.69 Å². The van der Waals surface area contributed by atoms with Crippen LogP contribution < -0.4 is 9.64 Å². The van der Waals surface area contributed by atoms with Crippen molar-refractivity contribution in [1.29, 1.82) is 0 Å². The van der Waals surface area contributed by atoms with Crippen LogP contribution in [0.25, 0.3) is 0 Å². The van der Waals surface area contributed by atoms with Gasteiger partial charge in [0.2, 0.25) is 0 Å². The summed E-state index contributed by atoms with van der Waals surface area (Å²) < 4.78 is 7.47. The van der Waals surface area contributed by atoms with Crippen LogP contribution in [0.1, 0.15) is 23.1 Å². The first kappa shape index (κ1) is 12.7. The summed E-state index contributed by atoms with van der Waals surface area (Å²) in [5.41, 5.74) is 1.57. The van der Waals surface area contributed by atoms with E-state index in [2.05, 4.69) is 14.5 Å². The average molecular weight is 271 g/mol. The Morgan fingerprint density at radius 1 is 1.35 bits per heavy atom. The second-order valence-corrected chi connectivity index (χ2v) is 4.87. The molecule has 20 heavy (non-hydrogen) atoms. The Morgan fingerprint density at radius 3 is 2.95 bits per heavy atom. The van der Waals surface area contributed by atoms with Crippen molar-refractivity contribution in [3.05, 3.63) is 42.0 Å². The van der Waals surface area contributed by atoms with Crippen molar-refractivity contribution in [1.82, 2.24) is 9.55 Å². The number of rotatable bonds is 3. The lowest BCUT2D eigenvalue weighted by atomic mass is 10.1. The predicted octanol–water partition coefficient (Wildman–Crippen LogP) is 2.11. The van der Waals surface area contributed by atoms with Gasteiger partial charge in [-0.15, -0.1) is 0 Å². The van der Waals surface area contributed by atoms with Gasteiger partial charge in [0.15, 0.2) is 5.78 Å². The van der Waals surface area contributed by atoms with Crippen LogP contribution in [0.3, 0.4) is 0 Å². The van der Waals surface area contributed by atoms with E-state index in [4.69, 9.17) is 4.74 Å². The molecule has 0 N–H and O–H groups in total. The van der Waals surface area contributed by atoms with Gasteiger partial charge >= 0.3 is 0 Å². The monoisotopic (exact) mass is 271 g/mol. The van der Waals surface area contributed by atoms with Crippen LogP contribution in [-0.4, -0.2) is 29.0 Å². The maximum Gasteiger partial charge on any atom is 0.165 e. The fourth-order valence-electron chi connectivity index (χ4n) is 2.69. The molecule has 0 amide bonds. The van der Waals surface area contributed by atoms with Gasteiger partial charge in [0, 0.05) is 25.5 Å². The minimum absolute atomic E-state index is 0.0198. The van der Waals surface area contributed by atoms with Crippen molar-refractivity contribution in [2.24, 2.45) is 0 Å². The topological polar surface area (TPSA) is 47.4 Å². The number of nitrogens with zero attached hydrogens (tertiary/aromatic N) is 3. The number of fused-ring (bicyclic) bond motifs is 1. The molecule has 0 spiro atoms. The quantitative estimate of drug-likeness (QED) is 0.802. The molecule has 1 aromatic carbocycles. The summed E-state index contributed by atoms with van der Waals surface area (Å²) in [6, 6.07) is 5.71. The zero-order chi connectivity index (χ0) is 14.1. The first-order valence-corrected chi connectivity index (χ1v) is 6.63. The Balaban J connectivity index is 2.01. The van der Waals surface area contributed by atoms with Crippen molar-refractivity contribution in [3.8, 4) is 5.75 Å². The Morgan fingerprint density at radius 2 is 2.20 bits per heavy atom. The summed E-state index contributed by atoms with van der Waals surface area (Å²) >= 11 is 0. The second-order valence-electron chi connectivity index (χ2n) is 4.87. The summed E-state index contributed by atoms with van der Waals surface area (Å²) in [7, 11) is 1.59. The highest BCUT2D eigenvalue weighted by Crippen LogP contribution is 2.31. The van der Waals surface area contributed by atoms with Gasteiger partial charge < -0.3 is 14.2 Å². The Kier molecular flexibility index (Phi) is 3.18. The van der Waals surface area contributed by atoms with Crippen molar-refractivity contribution in [2.75, 3.05) is 18.6 Å². The van der Waals surface area contributed by atoms with Gasteiger partial charge in [-0.1, -0.05) is 6.07 Å². The molecule has 0 saturated carbocycles. The molecular formula is C15H17N3O2. The lowest BCUT2D eigenvalue weighted by Crippen LogP contribution is -2.34. The number of hydrogen-bond acceptors (Lipinski definition) is 4. The lowest BCUT2D eigenvalue weighted by molar-refractivity contribution is 0.101. The molecule has 0 aliphatic carbocycles. The van der Waals surface area contributed by atoms with Gasteiger partial charge in [-0.2, -0.15) is 0 Å². The molecule has 1 aliphatic heterocycles. The number of carbonyl (C=O) groups excluding carboxylic acids is 1. The first-order valence-electron chi connectivity index (χ1n) is 6.63. The summed E-state index contributed by atoms with van der Waals surface area (Å²) in [6.07, 6.45) is 3.81. The molecule has 0 radical (unpaired) electrons. The maximum absolute atomic E-state index is 12.0. The van der Waals surface area contributed by atoms with Crippen LogP contribution in [0, 0.1) is 0 Å². The zero-order valence-corrected chi connectivity index (χ0v) is 11.7. The van der Waals surface area contributed by atoms with E-state index >= 15 is 0 Å². The molecule has 104 valence electrons.